The minimum absolute atomic E-state index is 0.0528. The van der Waals surface area contributed by atoms with Crippen LogP contribution in [0.1, 0.15) is 46.0 Å². The Morgan fingerprint density at radius 2 is 1.94 bits per heavy atom. The van der Waals surface area contributed by atoms with Crippen molar-refractivity contribution in [2.24, 2.45) is 5.41 Å². The monoisotopic (exact) mass is 277 g/mol. The third kappa shape index (κ3) is 3.68. The molecule has 6 heteroatoms. The van der Waals surface area contributed by atoms with Gasteiger partial charge in [-0.2, -0.15) is 0 Å². The summed E-state index contributed by atoms with van der Waals surface area (Å²) < 4.78 is 25.7. The van der Waals surface area contributed by atoms with Gasteiger partial charge in [0.05, 0.1) is 5.75 Å². The molecule has 0 aromatic heterocycles. The molecule has 106 valence electrons. The van der Waals surface area contributed by atoms with E-state index in [-0.39, 0.29) is 24.0 Å². The lowest BCUT2D eigenvalue weighted by Crippen LogP contribution is -2.33. The van der Waals surface area contributed by atoms with Crippen LogP contribution in [0.25, 0.3) is 0 Å². The van der Waals surface area contributed by atoms with Crippen LogP contribution >= 0.6 is 0 Å². The van der Waals surface area contributed by atoms with Gasteiger partial charge in [0, 0.05) is 19.5 Å². The summed E-state index contributed by atoms with van der Waals surface area (Å²) in [7, 11) is -3.28. The fourth-order valence-electron chi connectivity index (χ4n) is 2.49. The number of aliphatic carboxylic acids is 1. The van der Waals surface area contributed by atoms with Gasteiger partial charge in [-0.3, -0.25) is 4.79 Å². The second kappa shape index (κ2) is 6.02. The van der Waals surface area contributed by atoms with E-state index in [2.05, 4.69) is 13.8 Å². The number of nitrogens with zero attached hydrogens (tertiary/aromatic N) is 1. The summed E-state index contributed by atoms with van der Waals surface area (Å²) in [5, 5.41) is 8.53. The van der Waals surface area contributed by atoms with E-state index in [9.17, 15) is 13.2 Å². The Morgan fingerprint density at radius 1 is 1.33 bits per heavy atom. The standard InChI is InChI=1S/C12H23NO4S/c1-3-12(4-2)7-8-13(10-12)18(16,17)9-5-6-11(14)15/h3-10H2,1-2H3,(H,14,15). The summed E-state index contributed by atoms with van der Waals surface area (Å²) in [6, 6.07) is 0. The van der Waals surface area contributed by atoms with E-state index in [0.29, 0.717) is 13.1 Å². The molecule has 0 aromatic carbocycles. The van der Waals surface area contributed by atoms with Crippen molar-refractivity contribution in [3.63, 3.8) is 0 Å². The highest BCUT2D eigenvalue weighted by Gasteiger charge is 2.39. The highest BCUT2D eigenvalue weighted by molar-refractivity contribution is 7.89. The van der Waals surface area contributed by atoms with Gasteiger partial charge in [-0.25, -0.2) is 12.7 Å². The molecular weight excluding hydrogens is 254 g/mol. The molecule has 1 heterocycles. The molecule has 0 radical (unpaired) electrons. The average Bonchev–Trinajstić information content (AvgIpc) is 2.74. The van der Waals surface area contributed by atoms with Crippen LogP contribution in [0, 0.1) is 5.41 Å². The maximum Gasteiger partial charge on any atom is 0.303 e. The molecule has 0 saturated carbocycles. The topological polar surface area (TPSA) is 74.7 Å². The number of hydrogen-bond donors (Lipinski definition) is 1. The van der Waals surface area contributed by atoms with Crippen molar-refractivity contribution in [1.29, 1.82) is 0 Å². The first-order valence-electron chi connectivity index (χ1n) is 6.55. The maximum atomic E-state index is 12.1. The first kappa shape index (κ1) is 15.4. The lowest BCUT2D eigenvalue weighted by atomic mass is 9.82. The fraction of sp³-hybridized carbons (Fsp3) is 0.917. The number of rotatable bonds is 7. The molecule has 0 aliphatic carbocycles. The van der Waals surface area contributed by atoms with Crippen LogP contribution in [0.3, 0.4) is 0 Å². The minimum Gasteiger partial charge on any atom is -0.481 e. The molecular formula is C12H23NO4S. The largest absolute Gasteiger partial charge is 0.481 e. The Hall–Kier alpha value is -0.620. The average molecular weight is 277 g/mol. The van der Waals surface area contributed by atoms with Crippen molar-refractivity contribution >= 4 is 16.0 Å². The smallest absolute Gasteiger partial charge is 0.303 e. The molecule has 1 aliphatic rings. The zero-order valence-corrected chi connectivity index (χ0v) is 12.0. The van der Waals surface area contributed by atoms with Crippen molar-refractivity contribution < 1.29 is 18.3 Å². The zero-order chi connectivity index (χ0) is 13.8. The van der Waals surface area contributed by atoms with Gasteiger partial charge < -0.3 is 5.11 Å². The van der Waals surface area contributed by atoms with E-state index in [1.165, 1.54) is 0 Å². The van der Waals surface area contributed by atoms with Crippen molar-refractivity contribution in [1.82, 2.24) is 4.31 Å². The normalized spacial score (nSPS) is 20.1. The molecule has 0 bridgehead atoms. The van der Waals surface area contributed by atoms with Crippen molar-refractivity contribution in [2.75, 3.05) is 18.8 Å². The predicted octanol–water partition coefficient (Wildman–Crippen LogP) is 1.69. The van der Waals surface area contributed by atoms with Crippen molar-refractivity contribution in [3.8, 4) is 0 Å². The summed E-state index contributed by atoms with van der Waals surface area (Å²) >= 11 is 0. The van der Waals surface area contributed by atoms with E-state index < -0.39 is 16.0 Å². The van der Waals surface area contributed by atoms with E-state index in [1.807, 2.05) is 0 Å². The Labute approximate surface area is 109 Å². The summed E-state index contributed by atoms with van der Waals surface area (Å²) in [5.41, 5.74) is 0.125. The van der Waals surface area contributed by atoms with Gasteiger partial charge in [0.2, 0.25) is 10.0 Å². The molecule has 0 atom stereocenters. The Morgan fingerprint density at radius 3 is 2.39 bits per heavy atom. The highest BCUT2D eigenvalue weighted by Crippen LogP contribution is 2.38. The first-order valence-corrected chi connectivity index (χ1v) is 8.16. The van der Waals surface area contributed by atoms with Crippen LogP contribution in [0.15, 0.2) is 0 Å². The second-order valence-electron chi connectivity index (χ2n) is 5.10. The molecule has 0 unspecified atom stereocenters. The maximum absolute atomic E-state index is 12.1. The van der Waals surface area contributed by atoms with Crippen LogP contribution in [0.5, 0.6) is 0 Å². The van der Waals surface area contributed by atoms with Crippen LogP contribution in [-0.2, 0) is 14.8 Å². The zero-order valence-electron chi connectivity index (χ0n) is 11.2. The van der Waals surface area contributed by atoms with Crippen LogP contribution in [-0.4, -0.2) is 42.6 Å². The number of hydrogen-bond acceptors (Lipinski definition) is 3. The number of carboxylic acid groups (broad SMARTS) is 1. The Kier molecular flexibility index (Phi) is 5.16. The van der Waals surface area contributed by atoms with Gasteiger partial charge >= 0.3 is 5.97 Å². The molecule has 1 fully saturated rings. The lowest BCUT2D eigenvalue weighted by Gasteiger charge is -2.26. The SMILES string of the molecule is CCC1(CC)CCN(S(=O)(=O)CCCC(=O)O)C1. The lowest BCUT2D eigenvalue weighted by molar-refractivity contribution is -0.137. The molecule has 0 aromatic rings. The summed E-state index contributed by atoms with van der Waals surface area (Å²) in [5.74, 6) is -0.994. The number of carboxylic acids is 1. The van der Waals surface area contributed by atoms with Gasteiger partial charge in [-0.05, 0) is 31.1 Å². The number of carbonyl (C=O) groups is 1. The van der Waals surface area contributed by atoms with E-state index in [4.69, 9.17) is 5.11 Å². The molecule has 1 N–H and O–H groups in total. The Bertz CT molecular complexity index is 387. The first-order chi connectivity index (χ1) is 8.35. The highest BCUT2D eigenvalue weighted by atomic mass is 32.2. The van der Waals surface area contributed by atoms with E-state index >= 15 is 0 Å². The van der Waals surface area contributed by atoms with Gasteiger partial charge in [-0.1, -0.05) is 13.8 Å². The van der Waals surface area contributed by atoms with Gasteiger partial charge in [0.15, 0.2) is 0 Å². The number of sulfonamides is 1. The second-order valence-corrected chi connectivity index (χ2v) is 7.19. The summed E-state index contributed by atoms with van der Waals surface area (Å²) in [6.45, 7) is 5.38. The predicted molar refractivity (Wildman–Crippen MR) is 69.9 cm³/mol. The van der Waals surface area contributed by atoms with Crippen LogP contribution < -0.4 is 0 Å². The van der Waals surface area contributed by atoms with Crippen LogP contribution in [0.2, 0.25) is 0 Å². The molecule has 0 spiro atoms. The molecule has 5 nitrogen and oxygen atoms in total. The van der Waals surface area contributed by atoms with Gasteiger partial charge in [0.1, 0.15) is 0 Å². The van der Waals surface area contributed by atoms with Crippen LogP contribution in [0.4, 0.5) is 0 Å². The fourth-order valence-corrected chi connectivity index (χ4v) is 4.10. The Balaban J connectivity index is 2.57. The molecule has 1 aliphatic heterocycles. The molecule has 0 amide bonds. The molecule has 1 saturated heterocycles. The van der Waals surface area contributed by atoms with Crippen molar-refractivity contribution in [3.05, 3.63) is 0 Å². The quantitative estimate of drug-likeness (QED) is 0.768. The molecule has 1 rings (SSSR count). The summed E-state index contributed by atoms with van der Waals surface area (Å²) in [6.07, 6.45) is 3.01. The minimum atomic E-state index is -3.28. The third-order valence-electron chi connectivity index (χ3n) is 4.09. The van der Waals surface area contributed by atoms with Gasteiger partial charge in [-0.15, -0.1) is 0 Å². The molecule has 18 heavy (non-hydrogen) atoms. The van der Waals surface area contributed by atoms with E-state index in [1.54, 1.807) is 4.31 Å². The third-order valence-corrected chi connectivity index (χ3v) is 5.99. The van der Waals surface area contributed by atoms with Crippen molar-refractivity contribution in [2.45, 2.75) is 46.0 Å². The summed E-state index contributed by atoms with van der Waals surface area (Å²) in [4.78, 5) is 10.4. The van der Waals surface area contributed by atoms with E-state index in [0.717, 1.165) is 19.3 Å². The van der Waals surface area contributed by atoms with Gasteiger partial charge in [0.25, 0.3) is 0 Å².